The Morgan fingerprint density at radius 2 is 1.35 bits per heavy atom. The Morgan fingerprint density at radius 3 is 2.05 bits per heavy atom. The minimum Gasteiger partial charge on any atom is -0.298 e. The quantitative estimate of drug-likeness (QED) is 0.256. The largest absolute Gasteiger partial charge is 0.298 e. The van der Waals surface area contributed by atoms with Gasteiger partial charge in [0.25, 0.3) is 0 Å². The molecule has 0 unspecified atom stereocenters. The summed E-state index contributed by atoms with van der Waals surface area (Å²) in [4.78, 5) is 4.89. The number of pyridine rings is 1. The highest BCUT2D eigenvalue weighted by Gasteiger charge is 2.28. The van der Waals surface area contributed by atoms with Crippen molar-refractivity contribution in [2.45, 2.75) is 0 Å². The number of nitrogens with zero attached hydrogens (tertiary/aromatic N) is 3. The van der Waals surface area contributed by atoms with Crippen LogP contribution in [0.25, 0.3) is 44.9 Å². The number of hydrogen-bond donors (Lipinski definition) is 2. The summed E-state index contributed by atoms with van der Waals surface area (Å²) in [5.41, 5.74) is 4.33. The van der Waals surface area contributed by atoms with Gasteiger partial charge in [0.05, 0.1) is 51.5 Å². The first-order chi connectivity index (χ1) is 19.4. The molecule has 0 amide bonds. The molecule has 1 aliphatic carbocycles. The second-order valence-corrected chi connectivity index (χ2v) is 9.24. The highest BCUT2D eigenvalue weighted by molar-refractivity contribution is 6.64. The Kier molecular flexibility index (Phi) is 5.83. The monoisotopic (exact) mass is 521 g/mol. The van der Waals surface area contributed by atoms with E-state index >= 15 is 0 Å². The summed E-state index contributed by atoms with van der Waals surface area (Å²) in [5, 5.41) is 37.2. The zero-order valence-electron chi connectivity index (χ0n) is 20.8. The van der Waals surface area contributed by atoms with E-state index in [4.69, 9.17) is 21.1 Å². The highest BCUT2D eigenvalue weighted by atomic mass is 19.1. The predicted molar refractivity (Wildman–Crippen MR) is 151 cm³/mol. The van der Waals surface area contributed by atoms with E-state index in [9.17, 15) is 14.0 Å². The zero-order chi connectivity index (χ0) is 28.0. The van der Waals surface area contributed by atoms with Crippen molar-refractivity contribution in [2.75, 3.05) is 0 Å². The van der Waals surface area contributed by atoms with E-state index in [1.54, 1.807) is 60.7 Å². The minimum atomic E-state index is -0.832. The third kappa shape index (κ3) is 3.86. The molecule has 5 nitrogen and oxygen atoms in total. The summed E-state index contributed by atoms with van der Waals surface area (Å²) in [6.07, 6.45) is 1.79. The average Bonchev–Trinajstić information content (AvgIpc) is 2.98. The van der Waals surface area contributed by atoms with Gasteiger partial charge >= 0.3 is 0 Å². The molecule has 188 valence electrons. The summed E-state index contributed by atoms with van der Waals surface area (Å²) in [6.45, 7) is 0. The van der Waals surface area contributed by atoms with Crippen molar-refractivity contribution in [3.8, 4) is 34.5 Å². The maximum Gasteiger partial charge on any atom is 0.135 e. The fourth-order valence-electron chi connectivity index (χ4n) is 5.07. The van der Waals surface area contributed by atoms with Crippen molar-refractivity contribution in [3.05, 3.63) is 124 Å². The number of halogens is 2. The summed E-state index contributed by atoms with van der Waals surface area (Å²) >= 11 is 0. The van der Waals surface area contributed by atoms with Crippen molar-refractivity contribution >= 4 is 34.0 Å². The molecule has 40 heavy (non-hydrogen) atoms. The lowest BCUT2D eigenvalue weighted by atomic mass is 9.81. The normalized spacial score (nSPS) is 12.4. The molecule has 0 bridgehead atoms. The van der Waals surface area contributed by atoms with Crippen molar-refractivity contribution in [2.24, 2.45) is 0 Å². The molecular weight excluding hydrogens is 504 g/mol. The first-order valence-electron chi connectivity index (χ1n) is 12.2. The van der Waals surface area contributed by atoms with Gasteiger partial charge in [0.2, 0.25) is 0 Å². The second kappa shape index (κ2) is 9.50. The van der Waals surface area contributed by atoms with Crippen LogP contribution in [0.15, 0.2) is 84.9 Å². The van der Waals surface area contributed by atoms with Crippen LogP contribution in [0.5, 0.6) is 0 Å². The van der Waals surface area contributed by atoms with Crippen LogP contribution in [0, 0.1) is 45.1 Å². The van der Waals surface area contributed by atoms with Gasteiger partial charge in [0.1, 0.15) is 11.6 Å². The zero-order valence-corrected chi connectivity index (χ0v) is 20.8. The summed E-state index contributed by atoms with van der Waals surface area (Å²) in [7, 11) is 0. The van der Waals surface area contributed by atoms with Gasteiger partial charge in [-0.2, -0.15) is 10.5 Å². The fraction of sp³-hybridized carbons (Fsp3) is 0. The standard InChI is InChI=1S/C33H17F2N5/c34-26-13-18(16-36)14-27(35)29(26)19-9-11-20(12-10-19)33-25-15-24(22-6-2-1-5-21(22)17-37)31(38)32(39)30(25)23-7-3-4-8-28(23)40-33/h1-15,38-39H. The average molecular weight is 522 g/mol. The van der Waals surface area contributed by atoms with Gasteiger partial charge in [0, 0.05) is 33.2 Å². The maximum absolute atomic E-state index is 14.7. The summed E-state index contributed by atoms with van der Waals surface area (Å²) in [6, 6.07) is 26.8. The molecule has 1 aromatic heterocycles. The van der Waals surface area contributed by atoms with Gasteiger partial charge in [-0.05, 0) is 35.9 Å². The van der Waals surface area contributed by atoms with E-state index < -0.39 is 11.6 Å². The van der Waals surface area contributed by atoms with Crippen LogP contribution < -0.4 is 0 Å². The lowest BCUT2D eigenvalue weighted by Crippen LogP contribution is -2.22. The Morgan fingerprint density at radius 1 is 0.700 bits per heavy atom. The van der Waals surface area contributed by atoms with Gasteiger partial charge < -0.3 is 0 Å². The number of hydrogen-bond acceptors (Lipinski definition) is 5. The lowest BCUT2D eigenvalue weighted by molar-refractivity contribution is 0.589. The second-order valence-electron chi connectivity index (χ2n) is 9.24. The van der Waals surface area contributed by atoms with Crippen LogP contribution in [-0.2, 0) is 0 Å². The molecule has 0 fully saturated rings. The number of rotatable bonds is 3. The number of fused-ring (bicyclic) bond motifs is 3. The molecule has 0 atom stereocenters. The maximum atomic E-state index is 14.7. The molecule has 1 heterocycles. The predicted octanol–water partition coefficient (Wildman–Crippen LogP) is 7.53. The van der Waals surface area contributed by atoms with Crippen molar-refractivity contribution in [1.29, 1.82) is 21.3 Å². The first-order valence-corrected chi connectivity index (χ1v) is 12.2. The van der Waals surface area contributed by atoms with Crippen molar-refractivity contribution < 1.29 is 8.78 Å². The van der Waals surface area contributed by atoms with E-state index in [1.165, 1.54) is 0 Å². The van der Waals surface area contributed by atoms with Crippen LogP contribution >= 0.6 is 0 Å². The molecule has 5 aromatic rings. The van der Waals surface area contributed by atoms with E-state index in [1.807, 2.05) is 24.3 Å². The third-order valence-electron chi connectivity index (χ3n) is 6.94. The molecule has 0 saturated carbocycles. The van der Waals surface area contributed by atoms with Gasteiger partial charge in [-0.25, -0.2) is 13.8 Å². The fourth-order valence-corrected chi connectivity index (χ4v) is 5.07. The number of nitriles is 2. The number of para-hydroxylation sites is 1. The highest BCUT2D eigenvalue weighted by Crippen LogP contribution is 2.39. The Labute approximate surface area is 227 Å². The van der Waals surface area contributed by atoms with Crippen molar-refractivity contribution in [3.63, 3.8) is 0 Å². The van der Waals surface area contributed by atoms with Gasteiger partial charge in [-0.1, -0.05) is 60.7 Å². The van der Waals surface area contributed by atoms with Gasteiger partial charge in [0.15, 0.2) is 0 Å². The van der Waals surface area contributed by atoms with E-state index in [2.05, 4.69) is 6.07 Å². The SMILES string of the molecule is N#Cc1cc(F)c(-c2ccc(-c3nc4ccccc4c4c3C=C(c3ccccc3C#N)C(=N)C4=N)cc2)c(F)c1. The topological polar surface area (TPSA) is 108 Å². The van der Waals surface area contributed by atoms with E-state index in [0.29, 0.717) is 50.2 Å². The molecule has 7 heteroatoms. The molecule has 6 rings (SSSR count). The molecule has 0 aliphatic heterocycles. The molecule has 0 spiro atoms. The number of aromatic nitrogens is 1. The summed E-state index contributed by atoms with van der Waals surface area (Å²) in [5.74, 6) is -1.66. The van der Waals surface area contributed by atoms with Crippen molar-refractivity contribution in [1.82, 2.24) is 4.98 Å². The Hall–Kier alpha value is -5.79. The first kappa shape index (κ1) is 24.5. The van der Waals surface area contributed by atoms with Crippen LogP contribution in [-0.4, -0.2) is 16.4 Å². The van der Waals surface area contributed by atoms with Gasteiger partial charge in [-0.3, -0.25) is 10.8 Å². The third-order valence-corrected chi connectivity index (χ3v) is 6.94. The summed E-state index contributed by atoms with van der Waals surface area (Å²) < 4.78 is 29.3. The van der Waals surface area contributed by atoms with Crippen LogP contribution in [0.4, 0.5) is 8.78 Å². The van der Waals surface area contributed by atoms with Crippen LogP contribution in [0.2, 0.25) is 0 Å². The minimum absolute atomic E-state index is 0.000354. The van der Waals surface area contributed by atoms with E-state index in [0.717, 1.165) is 17.5 Å². The molecule has 4 aromatic carbocycles. The number of benzene rings is 4. The molecule has 0 radical (unpaired) electrons. The molecular formula is C33H17F2N5. The number of allylic oxidation sites excluding steroid dienone is 1. The van der Waals surface area contributed by atoms with Crippen LogP contribution in [0.1, 0.15) is 27.8 Å². The Bertz CT molecular complexity index is 2000. The molecule has 2 N–H and O–H groups in total. The molecule has 1 aliphatic rings. The van der Waals surface area contributed by atoms with E-state index in [-0.39, 0.29) is 22.6 Å². The van der Waals surface area contributed by atoms with Gasteiger partial charge in [-0.15, -0.1) is 0 Å². The number of nitrogens with one attached hydrogen (secondary N) is 2. The Balaban J connectivity index is 1.58. The smallest absolute Gasteiger partial charge is 0.135 e. The lowest BCUT2D eigenvalue weighted by Gasteiger charge is -2.23. The van der Waals surface area contributed by atoms with Crippen LogP contribution in [0.3, 0.4) is 0 Å². The molecule has 0 saturated heterocycles.